The molecular weight excluding hydrogens is 440 g/mol. The molecule has 3 rings (SSSR count). The minimum absolute atomic E-state index is 0.126. The van der Waals surface area contributed by atoms with Gasteiger partial charge >= 0.3 is 0 Å². The molecule has 0 aromatic heterocycles. The summed E-state index contributed by atoms with van der Waals surface area (Å²) < 4.78 is 34.4. The molecule has 1 unspecified atom stereocenters. The Labute approximate surface area is 194 Å². The summed E-state index contributed by atoms with van der Waals surface area (Å²) in [6.45, 7) is 3.68. The van der Waals surface area contributed by atoms with E-state index in [9.17, 15) is 18.3 Å². The first kappa shape index (κ1) is 24.1. The third kappa shape index (κ3) is 5.28. The van der Waals surface area contributed by atoms with Gasteiger partial charge in [0.25, 0.3) is 10.0 Å². The molecule has 0 fully saturated rings. The van der Waals surface area contributed by atoms with Crippen LogP contribution in [0.1, 0.15) is 24.5 Å². The van der Waals surface area contributed by atoms with Crippen molar-refractivity contribution in [3.63, 3.8) is 0 Å². The quantitative estimate of drug-likeness (QED) is 0.495. The lowest BCUT2D eigenvalue weighted by Gasteiger charge is -2.32. The number of sulfonamides is 1. The van der Waals surface area contributed by atoms with E-state index < -0.39 is 22.0 Å². The Hall–Kier alpha value is -3.52. The van der Waals surface area contributed by atoms with Crippen LogP contribution in [0.2, 0.25) is 0 Å². The van der Waals surface area contributed by atoms with Crippen molar-refractivity contribution in [3.05, 3.63) is 83.9 Å². The molecule has 0 radical (unpaired) electrons. The number of nitrogens with zero attached hydrogens (tertiary/aromatic N) is 1. The molecule has 3 aromatic rings. The third-order valence-electron chi connectivity index (χ3n) is 5.33. The number of phenols is 1. The summed E-state index contributed by atoms with van der Waals surface area (Å²) in [6.07, 6.45) is 0.241. The lowest BCUT2D eigenvalue weighted by Crippen LogP contribution is -2.49. The van der Waals surface area contributed by atoms with Crippen LogP contribution >= 0.6 is 0 Å². The summed E-state index contributed by atoms with van der Waals surface area (Å²) in [7, 11) is -2.64. The van der Waals surface area contributed by atoms with Crippen LogP contribution in [0.5, 0.6) is 11.5 Å². The number of carbonyl (C=O) groups excluding carboxylic acids is 1. The molecule has 7 nitrogen and oxygen atoms in total. The van der Waals surface area contributed by atoms with Crippen molar-refractivity contribution in [3.8, 4) is 11.5 Å². The average molecular weight is 469 g/mol. The Morgan fingerprint density at radius 1 is 1.03 bits per heavy atom. The van der Waals surface area contributed by atoms with Gasteiger partial charge in [-0.1, -0.05) is 49.4 Å². The predicted octanol–water partition coefficient (Wildman–Crippen LogP) is 4.00. The monoisotopic (exact) mass is 468 g/mol. The zero-order chi connectivity index (χ0) is 24.0. The Morgan fingerprint density at radius 2 is 1.67 bits per heavy atom. The van der Waals surface area contributed by atoms with E-state index in [4.69, 9.17) is 4.74 Å². The Kier molecular flexibility index (Phi) is 7.60. The molecule has 8 heteroatoms. The van der Waals surface area contributed by atoms with Crippen LogP contribution in [0.25, 0.3) is 0 Å². The van der Waals surface area contributed by atoms with E-state index in [0.29, 0.717) is 11.3 Å². The first-order chi connectivity index (χ1) is 15.8. The molecule has 0 aliphatic carbocycles. The number of nitrogens with one attached hydrogen (secondary N) is 1. The number of aromatic hydroxyl groups is 1. The molecule has 0 aliphatic rings. The summed E-state index contributed by atoms with van der Waals surface area (Å²) in [5.41, 5.74) is 1.65. The van der Waals surface area contributed by atoms with Gasteiger partial charge < -0.3 is 15.2 Å². The van der Waals surface area contributed by atoms with E-state index in [1.54, 1.807) is 68.4 Å². The molecule has 0 spiro atoms. The SMILES string of the molecule is CCC(C(=O)NCc1ccc(O)cc1)N(c1ccccc1OC)S(=O)(=O)c1ccccc1C. The number of aryl methyl sites for hydroxylation is 1. The van der Waals surface area contributed by atoms with Crippen LogP contribution in [-0.4, -0.2) is 32.6 Å². The van der Waals surface area contributed by atoms with Gasteiger partial charge in [-0.2, -0.15) is 0 Å². The fourth-order valence-corrected chi connectivity index (χ4v) is 5.53. The average Bonchev–Trinajstić information content (AvgIpc) is 2.82. The van der Waals surface area contributed by atoms with Crippen molar-refractivity contribution >= 4 is 21.6 Å². The highest BCUT2D eigenvalue weighted by molar-refractivity contribution is 7.93. The third-order valence-corrected chi connectivity index (χ3v) is 7.31. The van der Waals surface area contributed by atoms with Crippen molar-refractivity contribution in [1.29, 1.82) is 0 Å². The van der Waals surface area contributed by atoms with E-state index in [1.807, 2.05) is 0 Å². The molecule has 0 aliphatic heterocycles. The van der Waals surface area contributed by atoms with Crippen molar-refractivity contribution < 1.29 is 23.1 Å². The summed E-state index contributed by atoms with van der Waals surface area (Å²) in [5, 5.41) is 12.3. The lowest BCUT2D eigenvalue weighted by molar-refractivity contribution is -0.122. The van der Waals surface area contributed by atoms with E-state index >= 15 is 0 Å². The predicted molar refractivity (Wildman–Crippen MR) is 128 cm³/mol. The first-order valence-electron chi connectivity index (χ1n) is 10.6. The largest absolute Gasteiger partial charge is 0.508 e. The molecule has 174 valence electrons. The smallest absolute Gasteiger partial charge is 0.265 e. The van der Waals surface area contributed by atoms with Gasteiger partial charge in [-0.05, 0) is 54.8 Å². The Morgan fingerprint density at radius 3 is 2.30 bits per heavy atom. The minimum Gasteiger partial charge on any atom is -0.508 e. The zero-order valence-corrected chi connectivity index (χ0v) is 19.7. The van der Waals surface area contributed by atoms with E-state index in [0.717, 1.165) is 9.87 Å². The van der Waals surface area contributed by atoms with E-state index in [1.165, 1.54) is 25.3 Å². The second kappa shape index (κ2) is 10.4. The topological polar surface area (TPSA) is 95.9 Å². The number of amides is 1. The normalized spacial score (nSPS) is 12.1. The van der Waals surface area contributed by atoms with Crippen molar-refractivity contribution in [1.82, 2.24) is 5.32 Å². The summed E-state index contributed by atoms with van der Waals surface area (Å²) in [6, 6.07) is 18.9. The maximum atomic E-state index is 13.9. The van der Waals surface area contributed by atoms with Crippen LogP contribution in [-0.2, 0) is 21.4 Å². The number of anilines is 1. The number of phenolic OH excluding ortho intramolecular Hbond substituents is 1. The van der Waals surface area contributed by atoms with Gasteiger partial charge in [-0.3, -0.25) is 9.10 Å². The number of hydrogen-bond acceptors (Lipinski definition) is 5. The van der Waals surface area contributed by atoms with Crippen LogP contribution in [0.3, 0.4) is 0 Å². The summed E-state index contributed by atoms with van der Waals surface area (Å²) >= 11 is 0. The summed E-state index contributed by atoms with van der Waals surface area (Å²) in [5.74, 6) is 0.0382. The van der Waals surface area contributed by atoms with Gasteiger partial charge in [0.2, 0.25) is 5.91 Å². The molecule has 0 bridgehead atoms. The Bertz CT molecular complexity index is 1210. The molecule has 0 saturated carbocycles. The fraction of sp³-hybridized carbons (Fsp3) is 0.240. The molecule has 1 amide bonds. The lowest BCUT2D eigenvalue weighted by atomic mass is 10.1. The maximum absolute atomic E-state index is 13.9. The standard InChI is InChI=1S/C25H28N2O5S/c1-4-21(25(29)26-17-19-13-15-20(28)16-14-19)27(22-10-6-7-11-23(22)32-3)33(30,31)24-12-8-5-9-18(24)2/h5-16,21,28H,4,17H2,1-3H3,(H,26,29). The Balaban J connectivity index is 2.04. The highest BCUT2D eigenvalue weighted by Crippen LogP contribution is 2.35. The van der Waals surface area contributed by atoms with E-state index in [2.05, 4.69) is 5.32 Å². The van der Waals surface area contributed by atoms with Crippen molar-refractivity contribution in [2.75, 3.05) is 11.4 Å². The second-order valence-electron chi connectivity index (χ2n) is 7.55. The molecular formula is C25H28N2O5S. The van der Waals surface area contributed by atoms with Crippen LogP contribution in [0.4, 0.5) is 5.69 Å². The molecule has 3 aromatic carbocycles. The van der Waals surface area contributed by atoms with Gasteiger partial charge in [-0.15, -0.1) is 0 Å². The van der Waals surface area contributed by atoms with Crippen molar-refractivity contribution in [2.45, 2.75) is 37.8 Å². The fourth-order valence-electron chi connectivity index (χ4n) is 3.61. The first-order valence-corrected chi connectivity index (χ1v) is 12.0. The highest BCUT2D eigenvalue weighted by Gasteiger charge is 2.37. The minimum atomic E-state index is -4.10. The molecule has 0 saturated heterocycles. The van der Waals surface area contributed by atoms with Crippen LogP contribution in [0.15, 0.2) is 77.7 Å². The number of ether oxygens (including phenoxy) is 1. The van der Waals surface area contributed by atoms with Gasteiger partial charge in [-0.25, -0.2) is 8.42 Å². The van der Waals surface area contributed by atoms with Gasteiger partial charge in [0.1, 0.15) is 17.5 Å². The van der Waals surface area contributed by atoms with Gasteiger partial charge in [0.05, 0.1) is 17.7 Å². The number of hydrogen-bond donors (Lipinski definition) is 2. The zero-order valence-electron chi connectivity index (χ0n) is 18.9. The summed E-state index contributed by atoms with van der Waals surface area (Å²) in [4.78, 5) is 13.4. The highest BCUT2D eigenvalue weighted by atomic mass is 32.2. The van der Waals surface area contributed by atoms with E-state index in [-0.39, 0.29) is 29.3 Å². The molecule has 33 heavy (non-hydrogen) atoms. The van der Waals surface area contributed by atoms with Crippen LogP contribution in [0, 0.1) is 6.92 Å². The second-order valence-corrected chi connectivity index (χ2v) is 9.33. The van der Waals surface area contributed by atoms with Crippen LogP contribution < -0.4 is 14.4 Å². The van der Waals surface area contributed by atoms with Gasteiger partial charge in [0, 0.05) is 6.54 Å². The molecule has 2 N–H and O–H groups in total. The number of benzene rings is 3. The number of rotatable bonds is 9. The number of para-hydroxylation sites is 2. The number of methoxy groups -OCH3 is 1. The number of carbonyl (C=O) groups is 1. The van der Waals surface area contributed by atoms with Crippen molar-refractivity contribution in [2.24, 2.45) is 0 Å². The molecule has 1 atom stereocenters. The molecule has 0 heterocycles. The van der Waals surface area contributed by atoms with Gasteiger partial charge in [0.15, 0.2) is 0 Å². The maximum Gasteiger partial charge on any atom is 0.265 e.